The molecule has 2 rings (SSSR count). The third-order valence-electron chi connectivity index (χ3n) is 4.11. The summed E-state index contributed by atoms with van der Waals surface area (Å²) in [7, 11) is 0. The number of hydrogen-bond acceptors (Lipinski definition) is 3. The van der Waals surface area contributed by atoms with Crippen molar-refractivity contribution in [2.24, 2.45) is 4.99 Å². The van der Waals surface area contributed by atoms with Crippen LogP contribution in [0.25, 0.3) is 0 Å². The fraction of sp³-hybridized carbons (Fsp3) is 0.400. The molecule has 0 radical (unpaired) electrons. The maximum absolute atomic E-state index is 10.7. The van der Waals surface area contributed by atoms with Crippen molar-refractivity contribution in [2.75, 3.05) is 19.6 Å². The molecule has 1 unspecified atom stereocenters. The molecule has 5 nitrogen and oxygen atoms in total. The van der Waals surface area contributed by atoms with E-state index in [4.69, 9.17) is 0 Å². The number of hydrogen-bond donors (Lipinski definition) is 3. The summed E-state index contributed by atoms with van der Waals surface area (Å²) in [6, 6.07) is 11.7. The Morgan fingerprint density at radius 2 is 1.96 bits per heavy atom. The largest absolute Gasteiger partial charge is 0.384 e. The second-order valence-corrected chi connectivity index (χ2v) is 6.31. The molecule has 0 saturated carbocycles. The number of rotatable bonds is 7. The highest BCUT2D eigenvalue weighted by molar-refractivity contribution is 5.79. The van der Waals surface area contributed by atoms with Crippen molar-refractivity contribution >= 4 is 5.96 Å². The molecule has 5 heteroatoms. The lowest BCUT2D eigenvalue weighted by atomic mass is 9.96. The molecular formula is C20H28N4O. The average Bonchev–Trinajstić information content (AvgIpc) is 2.62. The van der Waals surface area contributed by atoms with Crippen LogP contribution >= 0.6 is 0 Å². The van der Waals surface area contributed by atoms with Gasteiger partial charge in [-0.1, -0.05) is 30.3 Å². The van der Waals surface area contributed by atoms with Crippen LogP contribution in [0.3, 0.4) is 0 Å². The molecule has 1 aromatic carbocycles. The first-order chi connectivity index (χ1) is 12.0. The molecule has 0 bridgehead atoms. The summed E-state index contributed by atoms with van der Waals surface area (Å²) >= 11 is 0. The van der Waals surface area contributed by atoms with Crippen molar-refractivity contribution in [1.29, 1.82) is 0 Å². The quantitative estimate of drug-likeness (QED) is 0.535. The summed E-state index contributed by atoms with van der Waals surface area (Å²) in [5.74, 6) is 0.713. The fourth-order valence-electron chi connectivity index (χ4n) is 2.56. The van der Waals surface area contributed by atoms with E-state index in [1.165, 1.54) is 11.1 Å². The highest BCUT2D eigenvalue weighted by atomic mass is 16.3. The average molecular weight is 340 g/mol. The monoisotopic (exact) mass is 340 g/mol. The van der Waals surface area contributed by atoms with Gasteiger partial charge in [0.2, 0.25) is 0 Å². The molecule has 0 spiro atoms. The Hall–Kier alpha value is -2.40. The van der Waals surface area contributed by atoms with Crippen LogP contribution in [-0.4, -0.2) is 35.7 Å². The number of nitrogens with one attached hydrogen (secondary N) is 2. The van der Waals surface area contributed by atoms with E-state index >= 15 is 0 Å². The van der Waals surface area contributed by atoms with Gasteiger partial charge in [-0.2, -0.15) is 0 Å². The maximum atomic E-state index is 10.7. The number of guanidine groups is 1. The summed E-state index contributed by atoms with van der Waals surface area (Å²) in [6.07, 6.45) is 4.60. The van der Waals surface area contributed by atoms with Gasteiger partial charge in [0, 0.05) is 25.5 Å². The van der Waals surface area contributed by atoms with Crippen molar-refractivity contribution in [1.82, 2.24) is 15.6 Å². The molecule has 134 valence electrons. The van der Waals surface area contributed by atoms with Gasteiger partial charge in [0.25, 0.3) is 0 Å². The van der Waals surface area contributed by atoms with Crippen LogP contribution in [0.15, 0.2) is 53.8 Å². The molecular weight excluding hydrogens is 312 g/mol. The predicted octanol–water partition coefficient (Wildman–Crippen LogP) is 2.40. The lowest BCUT2D eigenvalue weighted by Crippen LogP contribution is -2.39. The first-order valence-corrected chi connectivity index (χ1v) is 8.72. The molecule has 0 amide bonds. The lowest BCUT2D eigenvalue weighted by Gasteiger charge is -2.22. The van der Waals surface area contributed by atoms with Crippen LogP contribution in [-0.2, 0) is 12.0 Å². The van der Waals surface area contributed by atoms with Crippen LogP contribution in [0.2, 0.25) is 0 Å². The second-order valence-electron chi connectivity index (χ2n) is 6.31. The minimum atomic E-state index is -0.995. The minimum absolute atomic E-state index is 0.292. The van der Waals surface area contributed by atoms with E-state index in [9.17, 15) is 5.11 Å². The molecule has 0 aliphatic carbocycles. The first kappa shape index (κ1) is 18.9. The zero-order chi connectivity index (χ0) is 18.1. The summed E-state index contributed by atoms with van der Waals surface area (Å²) in [6.45, 7) is 7.71. The van der Waals surface area contributed by atoms with Crippen LogP contribution < -0.4 is 10.6 Å². The zero-order valence-corrected chi connectivity index (χ0v) is 15.3. The third-order valence-corrected chi connectivity index (χ3v) is 4.11. The Morgan fingerprint density at radius 1 is 1.20 bits per heavy atom. The summed E-state index contributed by atoms with van der Waals surface area (Å²) in [4.78, 5) is 8.67. The normalized spacial score (nSPS) is 14.0. The smallest absolute Gasteiger partial charge is 0.191 e. The molecule has 0 fully saturated rings. The van der Waals surface area contributed by atoms with E-state index in [-0.39, 0.29) is 0 Å². The van der Waals surface area contributed by atoms with Gasteiger partial charge in [0.1, 0.15) is 5.60 Å². The van der Waals surface area contributed by atoms with E-state index in [2.05, 4.69) is 27.5 Å². The summed E-state index contributed by atoms with van der Waals surface area (Å²) in [5, 5.41) is 17.2. The van der Waals surface area contributed by atoms with Crippen molar-refractivity contribution < 1.29 is 5.11 Å². The second kappa shape index (κ2) is 9.18. The molecule has 3 N–H and O–H groups in total. The lowest BCUT2D eigenvalue weighted by molar-refractivity contribution is 0.0672. The number of aliphatic hydroxyl groups is 1. The Balaban J connectivity index is 1.95. The number of aryl methyl sites for hydroxylation is 1. The van der Waals surface area contributed by atoms with Gasteiger partial charge in [-0.15, -0.1) is 0 Å². The SMILES string of the molecule is CCNC(=NCC(C)(O)c1ccccc1)NCCc1ccncc1C. The Morgan fingerprint density at radius 3 is 2.64 bits per heavy atom. The molecule has 1 aromatic heterocycles. The summed E-state index contributed by atoms with van der Waals surface area (Å²) < 4.78 is 0. The van der Waals surface area contributed by atoms with Gasteiger partial charge >= 0.3 is 0 Å². The van der Waals surface area contributed by atoms with Crippen molar-refractivity contribution in [2.45, 2.75) is 32.8 Å². The number of nitrogens with zero attached hydrogens (tertiary/aromatic N) is 2. The minimum Gasteiger partial charge on any atom is -0.384 e. The molecule has 0 aliphatic heterocycles. The highest BCUT2D eigenvalue weighted by Crippen LogP contribution is 2.20. The van der Waals surface area contributed by atoms with Gasteiger partial charge in [-0.3, -0.25) is 4.98 Å². The topological polar surface area (TPSA) is 69.5 Å². The van der Waals surface area contributed by atoms with Gasteiger partial charge in [-0.25, -0.2) is 4.99 Å². The Bertz CT molecular complexity index is 683. The molecule has 0 saturated heterocycles. The Kier molecular flexibility index (Phi) is 6.95. The van der Waals surface area contributed by atoms with Crippen molar-refractivity contribution in [3.63, 3.8) is 0 Å². The number of benzene rings is 1. The molecule has 25 heavy (non-hydrogen) atoms. The van der Waals surface area contributed by atoms with Crippen LogP contribution in [0.5, 0.6) is 0 Å². The standard InChI is InChI=1S/C20H28N4O/c1-4-22-19(23-13-11-17-10-12-21-14-16(17)2)24-15-20(3,25)18-8-6-5-7-9-18/h5-10,12,14,25H,4,11,13,15H2,1-3H3,(H2,22,23,24). The number of aliphatic imine (C=N–C) groups is 1. The Labute approximate surface area is 150 Å². The first-order valence-electron chi connectivity index (χ1n) is 8.72. The molecule has 2 aromatic rings. The maximum Gasteiger partial charge on any atom is 0.191 e. The fourth-order valence-corrected chi connectivity index (χ4v) is 2.56. The molecule has 1 heterocycles. The van der Waals surface area contributed by atoms with Gasteiger partial charge in [-0.05, 0) is 49.9 Å². The van der Waals surface area contributed by atoms with Gasteiger partial charge < -0.3 is 15.7 Å². The van der Waals surface area contributed by atoms with E-state index in [0.29, 0.717) is 12.5 Å². The number of aromatic nitrogens is 1. The molecule has 0 aliphatic rings. The van der Waals surface area contributed by atoms with Crippen LogP contribution in [0.4, 0.5) is 0 Å². The van der Waals surface area contributed by atoms with Crippen molar-refractivity contribution in [3.05, 3.63) is 65.5 Å². The highest BCUT2D eigenvalue weighted by Gasteiger charge is 2.22. The summed E-state index contributed by atoms with van der Waals surface area (Å²) in [5.41, 5.74) is 2.33. The number of pyridine rings is 1. The zero-order valence-electron chi connectivity index (χ0n) is 15.3. The van der Waals surface area contributed by atoms with Gasteiger partial charge in [0.15, 0.2) is 5.96 Å². The van der Waals surface area contributed by atoms with Crippen molar-refractivity contribution in [3.8, 4) is 0 Å². The third kappa shape index (κ3) is 5.87. The predicted molar refractivity (Wildman–Crippen MR) is 103 cm³/mol. The van der Waals surface area contributed by atoms with E-state index in [1.54, 1.807) is 6.92 Å². The van der Waals surface area contributed by atoms with E-state index in [0.717, 1.165) is 25.1 Å². The van der Waals surface area contributed by atoms with Gasteiger partial charge in [0.05, 0.1) is 6.54 Å². The van der Waals surface area contributed by atoms with E-state index < -0.39 is 5.60 Å². The van der Waals surface area contributed by atoms with Crippen LogP contribution in [0, 0.1) is 6.92 Å². The molecule has 1 atom stereocenters. The van der Waals surface area contributed by atoms with E-state index in [1.807, 2.05) is 55.7 Å². The van der Waals surface area contributed by atoms with Crippen LogP contribution in [0.1, 0.15) is 30.5 Å².